The van der Waals surface area contributed by atoms with Crippen molar-refractivity contribution < 1.29 is 19.2 Å². The van der Waals surface area contributed by atoms with Crippen molar-refractivity contribution in [2.75, 3.05) is 0 Å². The second-order valence-corrected chi connectivity index (χ2v) is 5.78. The molecule has 0 unspecified atom stereocenters. The van der Waals surface area contributed by atoms with Crippen molar-refractivity contribution in [3.05, 3.63) is 57.8 Å². The molecule has 1 aromatic heterocycles. The van der Waals surface area contributed by atoms with Crippen LogP contribution < -0.4 is 5.73 Å². The van der Waals surface area contributed by atoms with Gasteiger partial charge in [-0.1, -0.05) is 23.3 Å². The summed E-state index contributed by atoms with van der Waals surface area (Å²) in [6.45, 7) is 0. The molecule has 1 aliphatic heterocycles. The highest BCUT2D eigenvalue weighted by atomic mass is 32.1. The summed E-state index contributed by atoms with van der Waals surface area (Å²) in [4.78, 5) is 41.9. The Kier molecular flexibility index (Phi) is 3.74. The first-order chi connectivity index (χ1) is 10.6. The number of hydroxylamine groups is 2. The molecule has 2 N–H and O–H groups in total. The van der Waals surface area contributed by atoms with E-state index in [0.29, 0.717) is 11.5 Å². The molecule has 2 heterocycles. The maximum Gasteiger partial charge on any atom is 0.350 e. The number of imide groups is 1. The lowest BCUT2D eigenvalue weighted by Gasteiger charge is -2.15. The van der Waals surface area contributed by atoms with Crippen LogP contribution in [0.1, 0.15) is 25.6 Å². The van der Waals surface area contributed by atoms with Crippen LogP contribution in [0.15, 0.2) is 41.8 Å². The molecule has 2 amide bonds. The second-order valence-electron chi connectivity index (χ2n) is 4.75. The third-order valence-corrected chi connectivity index (χ3v) is 4.14. The molecule has 0 bridgehead atoms. The first kappa shape index (κ1) is 14.4. The third-order valence-electron chi connectivity index (χ3n) is 3.24. The van der Waals surface area contributed by atoms with Gasteiger partial charge in [-0.15, -0.1) is 11.3 Å². The Labute approximate surface area is 130 Å². The van der Waals surface area contributed by atoms with Crippen LogP contribution in [-0.2, 0) is 16.1 Å². The van der Waals surface area contributed by atoms with E-state index in [9.17, 15) is 14.4 Å². The average Bonchev–Trinajstić information content (AvgIpc) is 3.10. The molecular weight excluding hydrogens is 304 g/mol. The molecule has 112 valence electrons. The Balaban J connectivity index is 1.70. The summed E-state index contributed by atoms with van der Waals surface area (Å²) >= 11 is 1.47. The number of nitrogens with zero attached hydrogens (tertiary/aromatic N) is 1. The molecule has 0 aliphatic carbocycles. The maximum absolute atomic E-state index is 12.1. The van der Waals surface area contributed by atoms with Crippen LogP contribution in [0.3, 0.4) is 0 Å². The van der Waals surface area contributed by atoms with Gasteiger partial charge in [-0.05, 0) is 23.6 Å². The molecule has 7 heteroatoms. The van der Waals surface area contributed by atoms with Gasteiger partial charge in [-0.25, -0.2) is 4.79 Å². The molecule has 1 aliphatic rings. The topological polar surface area (TPSA) is 89.7 Å². The summed E-state index contributed by atoms with van der Waals surface area (Å²) in [6, 6.07) is 9.05. The Morgan fingerprint density at radius 2 is 1.77 bits per heavy atom. The molecule has 6 nitrogen and oxygen atoms in total. The number of amides is 2. The summed E-state index contributed by atoms with van der Waals surface area (Å²) in [6.07, 6.45) is 0.291. The SMILES string of the molecule is N[C@@H](Cc1cccs1)C(=O)ON1C(=O)c2ccccc2C1=O. The van der Waals surface area contributed by atoms with Gasteiger partial charge >= 0.3 is 5.97 Å². The van der Waals surface area contributed by atoms with E-state index >= 15 is 0 Å². The van der Waals surface area contributed by atoms with Gasteiger partial charge in [0.25, 0.3) is 11.8 Å². The zero-order chi connectivity index (χ0) is 15.7. The number of carbonyl (C=O) groups is 3. The zero-order valence-electron chi connectivity index (χ0n) is 11.4. The Hall–Kier alpha value is -2.51. The lowest BCUT2D eigenvalue weighted by molar-refractivity contribution is -0.170. The van der Waals surface area contributed by atoms with Crippen molar-refractivity contribution in [1.29, 1.82) is 0 Å². The highest BCUT2D eigenvalue weighted by molar-refractivity contribution is 7.09. The third kappa shape index (κ3) is 2.51. The van der Waals surface area contributed by atoms with Crippen molar-refractivity contribution in [3.63, 3.8) is 0 Å². The maximum atomic E-state index is 12.1. The van der Waals surface area contributed by atoms with E-state index in [1.807, 2.05) is 17.5 Å². The molecule has 0 radical (unpaired) electrons. The molecule has 0 saturated heterocycles. The van der Waals surface area contributed by atoms with Gasteiger partial charge in [0.15, 0.2) is 0 Å². The fourth-order valence-electron chi connectivity index (χ4n) is 2.14. The van der Waals surface area contributed by atoms with Crippen LogP contribution in [0, 0.1) is 0 Å². The first-order valence-corrected chi connectivity index (χ1v) is 7.43. The molecule has 3 rings (SSSR count). The number of carbonyl (C=O) groups excluding carboxylic acids is 3. The molecular formula is C15H12N2O4S. The van der Waals surface area contributed by atoms with Crippen molar-refractivity contribution in [1.82, 2.24) is 5.06 Å². The van der Waals surface area contributed by atoms with Crippen LogP contribution in [0.25, 0.3) is 0 Å². The number of benzene rings is 1. The van der Waals surface area contributed by atoms with Gasteiger partial charge in [-0.2, -0.15) is 0 Å². The van der Waals surface area contributed by atoms with E-state index in [-0.39, 0.29) is 11.1 Å². The predicted molar refractivity (Wildman–Crippen MR) is 79.0 cm³/mol. The molecule has 1 atom stereocenters. The van der Waals surface area contributed by atoms with Crippen molar-refractivity contribution in [2.24, 2.45) is 5.73 Å². The van der Waals surface area contributed by atoms with Crippen molar-refractivity contribution >= 4 is 29.1 Å². The predicted octanol–water partition coefficient (Wildman–Crippen LogP) is 1.37. The number of nitrogens with two attached hydrogens (primary N) is 1. The second kappa shape index (κ2) is 5.70. The van der Waals surface area contributed by atoms with Gasteiger partial charge in [0.2, 0.25) is 0 Å². The number of thiophene rings is 1. The highest BCUT2D eigenvalue weighted by Crippen LogP contribution is 2.23. The Morgan fingerprint density at radius 3 is 2.32 bits per heavy atom. The minimum atomic E-state index is -0.942. The monoisotopic (exact) mass is 316 g/mol. The van der Waals surface area contributed by atoms with E-state index in [1.165, 1.54) is 23.5 Å². The molecule has 0 fully saturated rings. The van der Waals surface area contributed by atoms with E-state index in [1.54, 1.807) is 12.1 Å². The smallest absolute Gasteiger partial charge is 0.328 e. The minimum absolute atomic E-state index is 0.215. The Morgan fingerprint density at radius 1 is 1.14 bits per heavy atom. The summed E-state index contributed by atoms with van der Waals surface area (Å²) in [5.74, 6) is -2.13. The molecule has 0 spiro atoms. The number of fused-ring (bicyclic) bond motifs is 1. The van der Waals surface area contributed by atoms with E-state index in [4.69, 9.17) is 10.6 Å². The zero-order valence-corrected chi connectivity index (χ0v) is 12.2. The number of hydrogen-bond donors (Lipinski definition) is 1. The van der Waals surface area contributed by atoms with Crippen LogP contribution in [-0.4, -0.2) is 28.9 Å². The van der Waals surface area contributed by atoms with Crippen LogP contribution >= 0.6 is 11.3 Å². The van der Waals surface area contributed by atoms with Gasteiger partial charge in [0.1, 0.15) is 6.04 Å². The normalized spacial score (nSPS) is 14.9. The minimum Gasteiger partial charge on any atom is -0.328 e. The number of rotatable bonds is 4. The highest BCUT2D eigenvalue weighted by Gasteiger charge is 2.39. The largest absolute Gasteiger partial charge is 0.350 e. The van der Waals surface area contributed by atoms with E-state index in [2.05, 4.69) is 0 Å². The van der Waals surface area contributed by atoms with Crippen molar-refractivity contribution in [2.45, 2.75) is 12.5 Å². The summed E-state index contributed by atoms with van der Waals surface area (Å²) < 4.78 is 0. The summed E-state index contributed by atoms with van der Waals surface area (Å²) in [5.41, 5.74) is 6.20. The number of hydrogen-bond acceptors (Lipinski definition) is 6. The average molecular weight is 316 g/mol. The van der Waals surface area contributed by atoms with Crippen LogP contribution in [0.2, 0.25) is 0 Å². The lowest BCUT2D eigenvalue weighted by Crippen LogP contribution is -2.41. The molecule has 2 aromatic rings. The van der Waals surface area contributed by atoms with Gasteiger partial charge in [0, 0.05) is 11.3 Å². The standard InChI is InChI=1S/C15H12N2O4S/c16-12(8-9-4-3-7-22-9)15(20)21-17-13(18)10-5-1-2-6-11(10)14(17)19/h1-7,12H,8,16H2/t12-/m0/s1. The molecule has 0 saturated carbocycles. The van der Waals surface area contributed by atoms with Gasteiger partial charge in [-0.3, -0.25) is 9.59 Å². The molecule has 22 heavy (non-hydrogen) atoms. The Bertz CT molecular complexity index is 707. The van der Waals surface area contributed by atoms with Gasteiger partial charge < -0.3 is 10.6 Å². The fourth-order valence-corrected chi connectivity index (χ4v) is 2.90. The fraction of sp³-hybridized carbons (Fsp3) is 0.133. The quantitative estimate of drug-likeness (QED) is 0.861. The summed E-state index contributed by atoms with van der Waals surface area (Å²) in [5, 5.41) is 2.35. The van der Waals surface area contributed by atoms with Gasteiger partial charge in [0.05, 0.1) is 11.1 Å². The van der Waals surface area contributed by atoms with Crippen LogP contribution in [0.5, 0.6) is 0 Å². The summed E-state index contributed by atoms with van der Waals surface area (Å²) in [7, 11) is 0. The van der Waals surface area contributed by atoms with Crippen molar-refractivity contribution in [3.8, 4) is 0 Å². The molecule has 1 aromatic carbocycles. The first-order valence-electron chi connectivity index (χ1n) is 6.55. The van der Waals surface area contributed by atoms with E-state index < -0.39 is 23.8 Å². The van der Waals surface area contributed by atoms with Crippen LogP contribution in [0.4, 0.5) is 0 Å². The van der Waals surface area contributed by atoms with E-state index in [0.717, 1.165) is 4.88 Å². The lowest BCUT2D eigenvalue weighted by atomic mass is 10.1.